The summed E-state index contributed by atoms with van der Waals surface area (Å²) in [6, 6.07) is 0. The Morgan fingerprint density at radius 2 is 2.64 bits per heavy atom. The molecule has 0 unspecified atom stereocenters. The molecule has 2 N–H and O–H groups in total. The highest BCUT2D eigenvalue weighted by Crippen LogP contribution is 2.15. The third-order valence-electron chi connectivity index (χ3n) is 1.39. The van der Waals surface area contributed by atoms with Crippen molar-refractivity contribution >= 4 is 16.9 Å². The van der Waals surface area contributed by atoms with E-state index >= 15 is 0 Å². The minimum absolute atomic E-state index is 0.711. The number of nitrogens with zero attached hydrogens (tertiary/aromatic N) is 1. The van der Waals surface area contributed by atoms with E-state index in [4.69, 9.17) is 5.73 Å². The van der Waals surface area contributed by atoms with Crippen molar-refractivity contribution in [3.05, 3.63) is 22.7 Å². The molecule has 0 spiro atoms. The molecule has 0 aromatic carbocycles. The molecule has 0 atom stereocenters. The van der Waals surface area contributed by atoms with Crippen LogP contribution >= 0.6 is 11.3 Å². The van der Waals surface area contributed by atoms with Crippen LogP contribution < -0.4 is 5.73 Å². The highest BCUT2D eigenvalue weighted by molar-refractivity contribution is 7.10. The van der Waals surface area contributed by atoms with Crippen LogP contribution in [0.5, 0.6) is 0 Å². The number of aromatic nitrogens is 1. The normalized spacial score (nSPS) is 12.0. The molecule has 0 aliphatic rings. The van der Waals surface area contributed by atoms with Crippen molar-refractivity contribution < 1.29 is 0 Å². The summed E-state index contributed by atoms with van der Waals surface area (Å²) in [5.74, 6) is 0. The molecule has 2 nitrogen and oxygen atoms in total. The topological polar surface area (TPSA) is 38.9 Å². The predicted molar refractivity (Wildman–Crippen MR) is 49.4 cm³/mol. The van der Waals surface area contributed by atoms with Crippen molar-refractivity contribution in [3.8, 4) is 0 Å². The lowest BCUT2D eigenvalue weighted by molar-refractivity contribution is 1.01. The van der Waals surface area contributed by atoms with Gasteiger partial charge in [-0.2, -0.15) is 0 Å². The molecule has 1 aromatic heterocycles. The van der Waals surface area contributed by atoms with Crippen LogP contribution in [0.2, 0.25) is 0 Å². The van der Waals surface area contributed by atoms with Gasteiger partial charge in [0.25, 0.3) is 0 Å². The van der Waals surface area contributed by atoms with E-state index < -0.39 is 0 Å². The van der Waals surface area contributed by atoms with Gasteiger partial charge in [-0.1, -0.05) is 6.08 Å². The summed E-state index contributed by atoms with van der Waals surface area (Å²) in [5.41, 5.74) is 6.60. The standard InChI is InChI=1S/C8H12N2S/c1-7(3-2-4-9)8-10-5-6-11-8/h3,5-6H,2,4,9H2,1H3/b7-3-. The van der Waals surface area contributed by atoms with Gasteiger partial charge in [-0.3, -0.25) is 0 Å². The first kappa shape index (κ1) is 8.43. The largest absolute Gasteiger partial charge is 0.330 e. The fraction of sp³-hybridized carbons (Fsp3) is 0.375. The monoisotopic (exact) mass is 168 g/mol. The molecule has 1 aromatic rings. The van der Waals surface area contributed by atoms with Crippen LogP contribution in [0.4, 0.5) is 0 Å². The number of hydrogen-bond donors (Lipinski definition) is 1. The van der Waals surface area contributed by atoms with Gasteiger partial charge in [0.1, 0.15) is 5.01 Å². The molecule has 60 valence electrons. The van der Waals surface area contributed by atoms with Crippen LogP contribution in [0.3, 0.4) is 0 Å². The van der Waals surface area contributed by atoms with Crippen LogP contribution in [0.25, 0.3) is 5.57 Å². The molecule has 1 heterocycles. The Labute approximate surface area is 70.8 Å². The van der Waals surface area contributed by atoms with E-state index in [1.165, 1.54) is 5.57 Å². The highest BCUT2D eigenvalue weighted by Gasteiger charge is 1.95. The first-order chi connectivity index (χ1) is 5.34. The summed E-state index contributed by atoms with van der Waals surface area (Å²) in [4.78, 5) is 4.18. The maximum atomic E-state index is 5.37. The zero-order chi connectivity index (χ0) is 8.10. The van der Waals surface area contributed by atoms with Gasteiger partial charge in [0.2, 0.25) is 0 Å². The third kappa shape index (κ3) is 2.44. The Balaban J connectivity index is 2.62. The second-order valence-corrected chi connectivity index (χ2v) is 3.20. The first-order valence-electron chi connectivity index (χ1n) is 3.61. The number of thiazole rings is 1. The number of nitrogens with two attached hydrogens (primary N) is 1. The number of hydrogen-bond acceptors (Lipinski definition) is 3. The van der Waals surface area contributed by atoms with E-state index in [1.807, 2.05) is 11.6 Å². The summed E-state index contributed by atoms with van der Waals surface area (Å²) in [5, 5.41) is 3.08. The zero-order valence-corrected chi connectivity index (χ0v) is 7.40. The van der Waals surface area contributed by atoms with Crippen molar-refractivity contribution in [1.29, 1.82) is 0 Å². The van der Waals surface area contributed by atoms with Crippen LogP contribution in [0.1, 0.15) is 18.4 Å². The molecule has 1 rings (SSSR count). The van der Waals surface area contributed by atoms with Crippen LogP contribution in [-0.2, 0) is 0 Å². The van der Waals surface area contributed by atoms with Gasteiger partial charge in [0, 0.05) is 11.6 Å². The van der Waals surface area contributed by atoms with Gasteiger partial charge in [0.15, 0.2) is 0 Å². The van der Waals surface area contributed by atoms with Crippen LogP contribution in [-0.4, -0.2) is 11.5 Å². The fourth-order valence-corrected chi connectivity index (χ4v) is 1.45. The van der Waals surface area contributed by atoms with Crippen LogP contribution in [0.15, 0.2) is 17.7 Å². The molecule has 0 saturated carbocycles. The lowest BCUT2D eigenvalue weighted by atomic mass is 10.2. The molecule has 0 fully saturated rings. The van der Waals surface area contributed by atoms with Crippen LogP contribution in [0, 0.1) is 0 Å². The molecule has 0 amide bonds. The molecular weight excluding hydrogens is 156 g/mol. The second kappa shape index (κ2) is 4.26. The molecule has 11 heavy (non-hydrogen) atoms. The van der Waals surface area contributed by atoms with E-state index in [2.05, 4.69) is 18.0 Å². The zero-order valence-electron chi connectivity index (χ0n) is 6.58. The van der Waals surface area contributed by atoms with E-state index in [-0.39, 0.29) is 0 Å². The maximum absolute atomic E-state index is 5.37. The predicted octanol–water partition coefficient (Wildman–Crippen LogP) is 1.90. The lowest BCUT2D eigenvalue weighted by Crippen LogP contribution is -1.95. The fourth-order valence-electron chi connectivity index (χ4n) is 0.805. The molecule has 0 aliphatic carbocycles. The summed E-state index contributed by atoms with van der Waals surface area (Å²) in [6.45, 7) is 2.78. The van der Waals surface area contributed by atoms with E-state index in [0.717, 1.165) is 11.4 Å². The molecule has 0 bridgehead atoms. The third-order valence-corrected chi connectivity index (χ3v) is 2.30. The van der Waals surface area contributed by atoms with E-state index in [9.17, 15) is 0 Å². The molecule has 3 heteroatoms. The highest BCUT2D eigenvalue weighted by atomic mass is 32.1. The Kier molecular flexibility index (Phi) is 3.26. The van der Waals surface area contributed by atoms with Gasteiger partial charge in [-0.25, -0.2) is 4.98 Å². The summed E-state index contributed by atoms with van der Waals surface area (Å²) >= 11 is 1.66. The van der Waals surface area contributed by atoms with Gasteiger partial charge >= 0.3 is 0 Å². The van der Waals surface area contributed by atoms with Crippen molar-refractivity contribution in [3.63, 3.8) is 0 Å². The van der Waals surface area contributed by atoms with Gasteiger partial charge in [-0.05, 0) is 25.5 Å². The van der Waals surface area contributed by atoms with E-state index in [0.29, 0.717) is 6.54 Å². The minimum Gasteiger partial charge on any atom is -0.330 e. The lowest BCUT2D eigenvalue weighted by Gasteiger charge is -1.93. The van der Waals surface area contributed by atoms with Crippen molar-refractivity contribution in [1.82, 2.24) is 4.98 Å². The Morgan fingerprint density at radius 3 is 3.18 bits per heavy atom. The summed E-state index contributed by atoms with van der Waals surface area (Å²) in [7, 11) is 0. The summed E-state index contributed by atoms with van der Waals surface area (Å²) in [6.07, 6.45) is 4.88. The van der Waals surface area contributed by atoms with E-state index in [1.54, 1.807) is 11.3 Å². The van der Waals surface area contributed by atoms with Gasteiger partial charge < -0.3 is 5.73 Å². The minimum atomic E-state index is 0.711. The smallest absolute Gasteiger partial charge is 0.118 e. The summed E-state index contributed by atoms with van der Waals surface area (Å²) < 4.78 is 0. The average molecular weight is 168 g/mol. The first-order valence-corrected chi connectivity index (χ1v) is 4.49. The Hall–Kier alpha value is -0.670. The molecule has 0 radical (unpaired) electrons. The molecule has 0 aliphatic heterocycles. The Bertz CT molecular complexity index is 226. The maximum Gasteiger partial charge on any atom is 0.118 e. The molecular formula is C8H12N2S. The van der Waals surface area contributed by atoms with Crippen molar-refractivity contribution in [2.24, 2.45) is 5.73 Å². The van der Waals surface area contributed by atoms with Crippen molar-refractivity contribution in [2.75, 3.05) is 6.54 Å². The number of allylic oxidation sites excluding steroid dienone is 1. The average Bonchev–Trinajstić information content (AvgIpc) is 2.52. The van der Waals surface area contributed by atoms with Gasteiger partial charge in [0.05, 0.1) is 0 Å². The van der Waals surface area contributed by atoms with Gasteiger partial charge in [-0.15, -0.1) is 11.3 Å². The SMILES string of the molecule is C/C(=C/CCN)c1nccs1. The second-order valence-electron chi connectivity index (χ2n) is 2.30. The quantitative estimate of drug-likeness (QED) is 0.748. The Morgan fingerprint density at radius 1 is 1.82 bits per heavy atom. The number of rotatable bonds is 3. The van der Waals surface area contributed by atoms with Crippen molar-refractivity contribution in [2.45, 2.75) is 13.3 Å². The molecule has 0 saturated heterocycles.